The zero-order chi connectivity index (χ0) is 18.9. The highest BCUT2D eigenvalue weighted by Gasteiger charge is 2.39. The Kier molecular flexibility index (Phi) is 5.19. The van der Waals surface area contributed by atoms with Gasteiger partial charge in [-0.2, -0.15) is 0 Å². The summed E-state index contributed by atoms with van der Waals surface area (Å²) in [7, 11) is 0. The van der Waals surface area contributed by atoms with E-state index in [9.17, 15) is 4.79 Å². The molecule has 0 saturated heterocycles. The monoisotopic (exact) mass is 397 g/mol. The van der Waals surface area contributed by atoms with Gasteiger partial charge in [0.15, 0.2) is 5.66 Å². The first-order valence-electron chi connectivity index (χ1n) is 9.29. The Labute approximate surface area is 168 Å². The molecule has 1 aliphatic carbocycles. The fourth-order valence-electron chi connectivity index (χ4n) is 3.51. The van der Waals surface area contributed by atoms with Crippen molar-refractivity contribution in [2.75, 3.05) is 11.1 Å². The third-order valence-electron chi connectivity index (χ3n) is 5.12. The number of hydrogen-bond donors (Lipinski definition) is 1. The molecule has 1 aliphatic heterocycles. The number of benzene rings is 1. The number of rotatable bonds is 4. The lowest BCUT2D eigenvalue weighted by Gasteiger charge is -2.14. The molecule has 0 unspecified atom stereocenters. The maximum absolute atomic E-state index is 12.4. The molecule has 140 valence electrons. The highest BCUT2D eigenvalue weighted by molar-refractivity contribution is 8.16. The molecule has 2 heterocycles. The van der Waals surface area contributed by atoms with Gasteiger partial charge >= 0.3 is 0 Å². The van der Waals surface area contributed by atoms with Crippen molar-refractivity contribution in [1.29, 1.82) is 0 Å². The van der Waals surface area contributed by atoms with Gasteiger partial charge in [-0.05, 0) is 74.2 Å². The van der Waals surface area contributed by atoms with E-state index in [1.165, 1.54) is 35.7 Å². The molecular formula is C21H23N3OS2. The second-order valence-corrected chi connectivity index (χ2v) is 9.09. The molecule has 1 aromatic carbocycles. The van der Waals surface area contributed by atoms with Crippen LogP contribution in [0.15, 0.2) is 45.7 Å². The number of carbonyl (C=O) groups excluding carboxylic acids is 1. The van der Waals surface area contributed by atoms with Crippen LogP contribution in [0.5, 0.6) is 0 Å². The van der Waals surface area contributed by atoms with Crippen molar-refractivity contribution in [1.82, 2.24) is 0 Å². The second-order valence-electron chi connectivity index (χ2n) is 7.18. The molecule has 6 heteroatoms. The second kappa shape index (κ2) is 7.60. The van der Waals surface area contributed by atoms with Crippen LogP contribution < -0.4 is 5.32 Å². The Hall–Kier alpha value is -1.92. The van der Waals surface area contributed by atoms with Gasteiger partial charge < -0.3 is 5.32 Å². The Balaban J connectivity index is 1.45. The van der Waals surface area contributed by atoms with Gasteiger partial charge in [0.2, 0.25) is 5.91 Å². The van der Waals surface area contributed by atoms with Crippen LogP contribution in [0, 0.1) is 13.8 Å². The van der Waals surface area contributed by atoms with Crippen LogP contribution in [-0.2, 0) is 4.79 Å². The van der Waals surface area contributed by atoms with E-state index >= 15 is 0 Å². The molecule has 27 heavy (non-hydrogen) atoms. The fraction of sp³-hybridized carbons (Fsp3) is 0.381. The molecule has 0 bridgehead atoms. The number of amides is 1. The number of carbonyl (C=O) groups is 1. The largest absolute Gasteiger partial charge is 0.325 e. The predicted molar refractivity (Wildman–Crippen MR) is 116 cm³/mol. The van der Waals surface area contributed by atoms with E-state index in [1.807, 2.05) is 24.3 Å². The molecule has 2 aliphatic rings. The number of aryl methyl sites for hydroxylation is 2. The summed E-state index contributed by atoms with van der Waals surface area (Å²) in [4.78, 5) is 23.5. The Bertz CT molecular complexity index is 910. The maximum Gasteiger partial charge on any atom is 0.234 e. The summed E-state index contributed by atoms with van der Waals surface area (Å²) in [5.41, 5.74) is 3.94. The first-order valence-corrected chi connectivity index (χ1v) is 11.2. The van der Waals surface area contributed by atoms with E-state index in [4.69, 9.17) is 9.98 Å². The van der Waals surface area contributed by atoms with Crippen LogP contribution >= 0.6 is 23.1 Å². The van der Waals surface area contributed by atoms with Crippen LogP contribution in [0.1, 0.15) is 41.7 Å². The molecular weight excluding hydrogens is 374 g/mol. The van der Waals surface area contributed by atoms with E-state index in [0.717, 1.165) is 34.2 Å². The summed E-state index contributed by atoms with van der Waals surface area (Å²) in [6, 6.07) is 10.1. The number of thiophene rings is 1. The molecule has 1 fully saturated rings. The van der Waals surface area contributed by atoms with Crippen molar-refractivity contribution in [3.05, 3.63) is 51.7 Å². The maximum atomic E-state index is 12.4. The van der Waals surface area contributed by atoms with Crippen LogP contribution in [0.3, 0.4) is 0 Å². The molecule has 1 aromatic heterocycles. The molecule has 1 spiro atoms. The number of thioether (sulfide) groups is 1. The average Bonchev–Trinajstić information content (AvgIpc) is 3.38. The van der Waals surface area contributed by atoms with Crippen molar-refractivity contribution in [2.45, 2.75) is 45.2 Å². The minimum Gasteiger partial charge on any atom is -0.325 e. The average molecular weight is 398 g/mol. The van der Waals surface area contributed by atoms with Crippen molar-refractivity contribution < 1.29 is 4.79 Å². The fourth-order valence-corrected chi connectivity index (χ4v) is 5.16. The summed E-state index contributed by atoms with van der Waals surface area (Å²) < 4.78 is 0. The highest BCUT2D eigenvalue weighted by atomic mass is 32.2. The van der Waals surface area contributed by atoms with Crippen molar-refractivity contribution in [3.8, 4) is 0 Å². The minimum atomic E-state index is -0.272. The van der Waals surface area contributed by atoms with E-state index in [-0.39, 0.29) is 11.6 Å². The number of nitrogens with zero attached hydrogens (tertiary/aromatic N) is 2. The molecule has 4 rings (SSSR count). The first kappa shape index (κ1) is 18.4. The Morgan fingerprint density at radius 2 is 2.00 bits per heavy atom. The lowest BCUT2D eigenvalue weighted by Crippen LogP contribution is -2.17. The molecule has 1 amide bonds. The quantitative estimate of drug-likeness (QED) is 0.770. The normalized spacial score (nSPS) is 17.9. The summed E-state index contributed by atoms with van der Waals surface area (Å²) in [6.45, 7) is 4.12. The molecule has 2 aromatic rings. The molecule has 1 N–H and O–H groups in total. The topological polar surface area (TPSA) is 53.8 Å². The summed E-state index contributed by atoms with van der Waals surface area (Å²) in [6.07, 6.45) is 4.38. The van der Waals surface area contributed by atoms with Gasteiger partial charge in [0.05, 0.1) is 10.6 Å². The van der Waals surface area contributed by atoms with Gasteiger partial charge in [0.1, 0.15) is 10.8 Å². The number of hydrogen-bond acceptors (Lipinski definition) is 5. The van der Waals surface area contributed by atoms with E-state index < -0.39 is 0 Å². The molecule has 0 atom stereocenters. The van der Waals surface area contributed by atoms with E-state index in [2.05, 4.69) is 30.6 Å². The SMILES string of the molecule is Cc1ccc(NC(=O)CSC2=NC3(CCCC3)N=C2c2cccs2)cc1C. The highest BCUT2D eigenvalue weighted by Crippen LogP contribution is 2.40. The number of aliphatic imine (C=N–C) groups is 2. The van der Waals surface area contributed by atoms with Crippen LogP contribution in [-0.4, -0.2) is 28.1 Å². The van der Waals surface area contributed by atoms with Gasteiger partial charge in [-0.25, -0.2) is 4.99 Å². The van der Waals surface area contributed by atoms with Gasteiger partial charge in [0, 0.05) is 5.69 Å². The molecule has 4 nitrogen and oxygen atoms in total. The Morgan fingerprint density at radius 3 is 2.70 bits per heavy atom. The van der Waals surface area contributed by atoms with Crippen molar-refractivity contribution >= 4 is 45.4 Å². The van der Waals surface area contributed by atoms with Crippen LogP contribution in [0.2, 0.25) is 0 Å². The number of nitrogens with one attached hydrogen (secondary N) is 1. The standard InChI is InChI=1S/C21H23N3OS2/c1-14-7-8-16(12-15(14)2)22-18(25)13-27-20-19(17-6-5-11-26-17)23-21(24-20)9-3-4-10-21/h5-8,11-12H,3-4,9-10,13H2,1-2H3,(H,22,25). The van der Waals surface area contributed by atoms with Gasteiger partial charge in [-0.15, -0.1) is 11.3 Å². The lowest BCUT2D eigenvalue weighted by molar-refractivity contribution is -0.113. The third kappa shape index (κ3) is 4.01. The molecule has 0 radical (unpaired) electrons. The number of anilines is 1. The zero-order valence-corrected chi connectivity index (χ0v) is 17.3. The smallest absolute Gasteiger partial charge is 0.234 e. The Morgan fingerprint density at radius 1 is 1.19 bits per heavy atom. The van der Waals surface area contributed by atoms with E-state index in [0.29, 0.717) is 5.75 Å². The summed E-state index contributed by atoms with van der Waals surface area (Å²) >= 11 is 3.18. The predicted octanol–water partition coefficient (Wildman–Crippen LogP) is 5.21. The lowest BCUT2D eigenvalue weighted by atomic mass is 10.1. The summed E-state index contributed by atoms with van der Waals surface area (Å²) in [5, 5.41) is 5.97. The van der Waals surface area contributed by atoms with Crippen molar-refractivity contribution in [3.63, 3.8) is 0 Å². The van der Waals surface area contributed by atoms with Crippen LogP contribution in [0.4, 0.5) is 5.69 Å². The molecule has 1 saturated carbocycles. The van der Waals surface area contributed by atoms with Crippen molar-refractivity contribution in [2.24, 2.45) is 9.98 Å². The zero-order valence-electron chi connectivity index (χ0n) is 15.6. The summed E-state index contributed by atoms with van der Waals surface area (Å²) in [5.74, 6) is 0.329. The van der Waals surface area contributed by atoms with Gasteiger partial charge in [-0.1, -0.05) is 23.9 Å². The first-order chi connectivity index (χ1) is 13.0. The van der Waals surface area contributed by atoms with Gasteiger partial charge in [-0.3, -0.25) is 9.79 Å². The van der Waals surface area contributed by atoms with Crippen LogP contribution in [0.25, 0.3) is 0 Å². The third-order valence-corrected chi connectivity index (χ3v) is 6.96. The minimum absolute atomic E-state index is 0.0103. The van der Waals surface area contributed by atoms with E-state index in [1.54, 1.807) is 11.3 Å². The van der Waals surface area contributed by atoms with Gasteiger partial charge in [0.25, 0.3) is 0 Å².